The summed E-state index contributed by atoms with van der Waals surface area (Å²) < 4.78 is 6.28. The molecule has 0 aliphatic rings. The summed E-state index contributed by atoms with van der Waals surface area (Å²) in [7, 11) is 0. The molecule has 84 valence electrons. The van der Waals surface area contributed by atoms with Gasteiger partial charge in [-0.15, -0.1) is 0 Å². The van der Waals surface area contributed by atoms with Crippen LogP contribution in [0.4, 0.5) is 0 Å². The van der Waals surface area contributed by atoms with Crippen LogP contribution in [0.25, 0.3) is 11.0 Å². The fourth-order valence-corrected chi connectivity index (χ4v) is 2.41. The fraction of sp³-hybridized carbons (Fsp3) is 0.308. The van der Waals surface area contributed by atoms with Crippen LogP contribution in [0, 0.1) is 0 Å². The summed E-state index contributed by atoms with van der Waals surface area (Å²) in [5.74, 6) is 0.714. The minimum atomic E-state index is 0.0375. The molecule has 0 amide bonds. The molecule has 1 aromatic carbocycles. The molecule has 0 unspecified atom stereocenters. The lowest BCUT2D eigenvalue weighted by atomic mass is 10.1. The molecule has 16 heavy (non-hydrogen) atoms. The molecular formula is C13H13BrO2. The van der Waals surface area contributed by atoms with Crippen molar-refractivity contribution in [3.63, 3.8) is 0 Å². The predicted octanol–water partition coefficient (Wildman–Crippen LogP) is 3.68. The minimum absolute atomic E-state index is 0.0375. The highest BCUT2D eigenvalue weighted by atomic mass is 79.9. The lowest BCUT2D eigenvalue weighted by Gasteiger charge is -2.06. The maximum absolute atomic E-state index is 12.2. The van der Waals surface area contributed by atoms with E-state index in [4.69, 9.17) is 4.42 Å². The van der Waals surface area contributed by atoms with Gasteiger partial charge in [-0.2, -0.15) is 0 Å². The highest BCUT2D eigenvalue weighted by Crippen LogP contribution is 2.22. The molecule has 0 N–H and O–H groups in total. The van der Waals surface area contributed by atoms with Crippen LogP contribution in [0.5, 0.6) is 0 Å². The van der Waals surface area contributed by atoms with E-state index in [-0.39, 0.29) is 5.43 Å². The summed E-state index contributed by atoms with van der Waals surface area (Å²) >= 11 is 3.32. The van der Waals surface area contributed by atoms with Crippen molar-refractivity contribution < 1.29 is 4.42 Å². The molecule has 2 aromatic rings. The third kappa shape index (κ3) is 1.69. The van der Waals surface area contributed by atoms with Crippen molar-refractivity contribution >= 4 is 26.9 Å². The number of fused-ring (bicyclic) bond motifs is 1. The fourth-order valence-electron chi connectivity index (χ4n) is 1.86. The van der Waals surface area contributed by atoms with Gasteiger partial charge in [-0.25, -0.2) is 0 Å². The summed E-state index contributed by atoms with van der Waals surface area (Å²) in [4.78, 5) is 12.2. The molecule has 0 aliphatic carbocycles. The molecule has 0 spiro atoms. The maximum Gasteiger partial charge on any atom is 0.207 e. The normalized spacial score (nSPS) is 10.9. The zero-order chi connectivity index (χ0) is 11.7. The van der Waals surface area contributed by atoms with Crippen molar-refractivity contribution in [2.24, 2.45) is 0 Å². The van der Waals surface area contributed by atoms with Crippen LogP contribution in [-0.4, -0.2) is 0 Å². The van der Waals surface area contributed by atoms with Gasteiger partial charge >= 0.3 is 0 Å². The second-order valence-electron chi connectivity index (χ2n) is 3.67. The van der Waals surface area contributed by atoms with E-state index in [1.54, 1.807) is 0 Å². The molecule has 0 radical (unpaired) electrons. The SMILES string of the molecule is CCc1oc2cccc(CC)c2c(=O)c1Br. The van der Waals surface area contributed by atoms with Crippen molar-refractivity contribution in [2.75, 3.05) is 0 Å². The monoisotopic (exact) mass is 280 g/mol. The molecular weight excluding hydrogens is 268 g/mol. The Hall–Kier alpha value is -1.09. The Kier molecular flexibility index (Phi) is 3.15. The van der Waals surface area contributed by atoms with Crippen LogP contribution < -0.4 is 5.43 Å². The molecule has 2 nitrogen and oxygen atoms in total. The smallest absolute Gasteiger partial charge is 0.207 e. The molecule has 0 bridgehead atoms. The van der Waals surface area contributed by atoms with Crippen molar-refractivity contribution in [2.45, 2.75) is 26.7 Å². The van der Waals surface area contributed by atoms with Crippen LogP contribution in [0.15, 0.2) is 31.9 Å². The first-order chi connectivity index (χ1) is 7.69. The first kappa shape index (κ1) is 11.4. The number of halogens is 1. The van der Waals surface area contributed by atoms with Crippen LogP contribution in [0.1, 0.15) is 25.2 Å². The van der Waals surface area contributed by atoms with Gasteiger partial charge in [0.2, 0.25) is 5.43 Å². The van der Waals surface area contributed by atoms with Gasteiger partial charge in [0, 0.05) is 6.42 Å². The molecule has 0 aliphatic heterocycles. The predicted molar refractivity (Wildman–Crippen MR) is 68.9 cm³/mol. The van der Waals surface area contributed by atoms with Gasteiger partial charge < -0.3 is 4.42 Å². The lowest BCUT2D eigenvalue weighted by molar-refractivity contribution is 0.538. The lowest BCUT2D eigenvalue weighted by Crippen LogP contribution is -2.07. The molecule has 1 heterocycles. The van der Waals surface area contributed by atoms with Crippen LogP contribution >= 0.6 is 15.9 Å². The van der Waals surface area contributed by atoms with E-state index in [2.05, 4.69) is 15.9 Å². The van der Waals surface area contributed by atoms with Gasteiger partial charge in [0.15, 0.2) is 0 Å². The van der Waals surface area contributed by atoms with E-state index in [0.717, 1.165) is 12.0 Å². The Balaban J connectivity index is 2.93. The quantitative estimate of drug-likeness (QED) is 0.840. The number of rotatable bonds is 2. The molecule has 3 heteroatoms. The largest absolute Gasteiger partial charge is 0.460 e. The number of hydrogen-bond acceptors (Lipinski definition) is 2. The standard InChI is InChI=1S/C13H13BrO2/c1-3-8-6-5-7-10-11(8)13(15)12(14)9(4-2)16-10/h5-7H,3-4H2,1-2H3. The molecule has 0 saturated heterocycles. The van der Waals surface area contributed by atoms with Crippen molar-refractivity contribution in [1.29, 1.82) is 0 Å². The number of aryl methyl sites for hydroxylation is 2. The van der Waals surface area contributed by atoms with Crippen LogP contribution in [0.3, 0.4) is 0 Å². The molecule has 2 rings (SSSR count). The number of benzene rings is 1. The van der Waals surface area contributed by atoms with E-state index in [9.17, 15) is 4.79 Å². The zero-order valence-electron chi connectivity index (χ0n) is 9.34. The van der Waals surface area contributed by atoms with Gasteiger partial charge in [-0.1, -0.05) is 26.0 Å². The first-order valence-corrected chi connectivity index (χ1v) is 6.21. The molecule has 0 saturated carbocycles. The molecule has 0 fully saturated rings. The Labute approximate surface area is 102 Å². The molecule has 0 atom stereocenters. The second-order valence-corrected chi connectivity index (χ2v) is 4.46. The van der Waals surface area contributed by atoms with Gasteiger partial charge in [-0.05, 0) is 34.0 Å². The zero-order valence-corrected chi connectivity index (χ0v) is 10.9. The van der Waals surface area contributed by atoms with E-state index >= 15 is 0 Å². The maximum atomic E-state index is 12.2. The van der Waals surface area contributed by atoms with Crippen molar-refractivity contribution in [3.8, 4) is 0 Å². The van der Waals surface area contributed by atoms with Crippen molar-refractivity contribution in [3.05, 3.63) is 44.2 Å². The summed E-state index contributed by atoms with van der Waals surface area (Å²) in [6.07, 6.45) is 1.54. The summed E-state index contributed by atoms with van der Waals surface area (Å²) in [5, 5.41) is 0.703. The summed E-state index contributed by atoms with van der Waals surface area (Å²) in [6, 6.07) is 5.75. The highest BCUT2D eigenvalue weighted by Gasteiger charge is 2.12. The molecule has 1 aromatic heterocycles. The average molecular weight is 281 g/mol. The van der Waals surface area contributed by atoms with E-state index in [1.165, 1.54) is 0 Å². The third-order valence-electron chi connectivity index (χ3n) is 2.72. The van der Waals surface area contributed by atoms with Gasteiger partial charge in [-0.3, -0.25) is 4.79 Å². The van der Waals surface area contributed by atoms with Gasteiger partial charge in [0.25, 0.3) is 0 Å². The topological polar surface area (TPSA) is 30.2 Å². The highest BCUT2D eigenvalue weighted by molar-refractivity contribution is 9.10. The van der Waals surface area contributed by atoms with Crippen LogP contribution in [0.2, 0.25) is 0 Å². The van der Waals surface area contributed by atoms with Gasteiger partial charge in [0.1, 0.15) is 15.8 Å². The van der Waals surface area contributed by atoms with Gasteiger partial charge in [0.05, 0.1) is 5.39 Å². The second kappa shape index (κ2) is 4.42. The minimum Gasteiger partial charge on any atom is -0.460 e. The average Bonchev–Trinajstić information content (AvgIpc) is 2.32. The van der Waals surface area contributed by atoms with E-state index in [1.807, 2.05) is 32.0 Å². The van der Waals surface area contributed by atoms with E-state index in [0.29, 0.717) is 27.6 Å². The summed E-state index contributed by atoms with van der Waals surface area (Å²) in [6.45, 7) is 4.01. The Morgan fingerprint density at radius 3 is 2.62 bits per heavy atom. The first-order valence-electron chi connectivity index (χ1n) is 5.42. The van der Waals surface area contributed by atoms with Crippen molar-refractivity contribution in [1.82, 2.24) is 0 Å². The third-order valence-corrected chi connectivity index (χ3v) is 3.52. The summed E-state index contributed by atoms with van der Waals surface area (Å²) in [5.41, 5.74) is 1.76. The van der Waals surface area contributed by atoms with E-state index < -0.39 is 0 Å². The Bertz CT molecular complexity index is 584. The van der Waals surface area contributed by atoms with Crippen LogP contribution in [-0.2, 0) is 12.8 Å². The Morgan fingerprint density at radius 1 is 1.25 bits per heavy atom. The Morgan fingerprint density at radius 2 is 2.00 bits per heavy atom. The number of hydrogen-bond donors (Lipinski definition) is 0.